The molecule has 0 atom stereocenters. The molecule has 7 rings (SSSR count). The molecule has 0 N–H and O–H groups in total. The largest absolute Gasteiger partial charge is 0.294 e. The first-order valence-electron chi connectivity index (χ1n) is 11.8. The average Bonchev–Trinajstić information content (AvgIpc) is 3.26. The zero-order valence-corrected chi connectivity index (χ0v) is 19.0. The zero-order chi connectivity index (χ0) is 23.2. The van der Waals surface area contributed by atoms with Gasteiger partial charge in [-0.3, -0.25) is 9.88 Å². The van der Waals surface area contributed by atoms with Gasteiger partial charge in [-0.15, -0.1) is 0 Å². The Morgan fingerprint density at radius 3 is 2.00 bits per heavy atom. The quantitative estimate of drug-likeness (QED) is 0.271. The second-order valence-electron chi connectivity index (χ2n) is 8.72. The van der Waals surface area contributed by atoms with E-state index in [1.54, 1.807) is 18.6 Å². The van der Waals surface area contributed by atoms with Crippen LogP contribution in [0.5, 0.6) is 0 Å². The molecule has 1 aliphatic rings. The van der Waals surface area contributed by atoms with Gasteiger partial charge in [0.25, 0.3) is 0 Å². The summed E-state index contributed by atoms with van der Waals surface area (Å²) in [7, 11) is 0. The highest BCUT2D eigenvalue weighted by molar-refractivity contribution is 6.18. The van der Waals surface area contributed by atoms with Gasteiger partial charge in [0.15, 0.2) is 5.82 Å². The Balaban J connectivity index is 1.41. The number of hydrogen-bond donors (Lipinski definition) is 0. The minimum absolute atomic E-state index is 0.784. The molecule has 3 heteroatoms. The van der Waals surface area contributed by atoms with Gasteiger partial charge in [0.05, 0.1) is 6.20 Å². The average molecular weight is 448 g/mol. The molecule has 0 aliphatic heterocycles. The third-order valence-corrected chi connectivity index (χ3v) is 6.76. The number of nitrogens with zero attached hydrogens (tertiary/aromatic N) is 3. The van der Waals surface area contributed by atoms with Crippen molar-refractivity contribution >= 4 is 28.0 Å². The van der Waals surface area contributed by atoms with Gasteiger partial charge < -0.3 is 0 Å². The van der Waals surface area contributed by atoms with Crippen LogP contribution in [0.2, 0.25) is 0 Å². The van der Waals surface area contributed by atoms with Crippen molar-refractivity contribution in [2.24, 2.45) is 0 Å². The maximum Gasteiger partial charge on any atom is 0.156 e. The van der Waals surface area contributed by atoms with E-state index in [1.807, 2.05) is 18.2 Å². The SMILES string of the molecule is c1ccc(N(c2cccc(-c3ccc4c5c(cccc35)-c3ccccc3-4)c2)c2cnccn2)cc1. The Labute approximate surface area is 204 Å². The van der Waals surface area contributed by atoms with Gasteiger partial charge in [-0.25, -0.2) is 4.98 Å². The second-order valence-corrected chi connectivity index (χ2v) is 8.72. The third kappa shape index (κ3) is 3.13. The molecule has 35 heavy (non-hydrogen) atoms. The van der Waals surface area contributed by atoms with E-state index < -0.39 is 0 Å². The predicted octanol–water partition coefficient (Wildman–Crippen LogP) is 8.41. The van der Waals surface area contributed by atoms with Gasteiger partial charge in [-0.05, 0) is 68.4 Å². The summed E-state index contributed by atoms with van der Waals surface area (Å²) in [4.78, 5) is 11.1. The molecule has 0 unspecified atom stereocenters. The van der Waals surface area contributed by atoms with Crippen LogP contribution < -0.4 is 4.90 Å². The summed E-state index contributed by atoms with van der Waals surface area (Å²) < 4.78 is 0. The molecule has 0 amide bonds. The molecular weight excluding hydrogens is 426 g/mol. The van der Waals surface area contributed by atoms with Gasteiger partial charge in [-0.2, -0.15) is 0 Å². The molecular formula is C32H21N3. The molecule has 1 heterocycles. The van der Waals surface area contributed by atoms with E-state index in [0.29, 0.717) is 0 Å². The Bertz CT molecular complexity index is 1620. The van der Waals surface area contributed by atoms with E-state index in [-0.39, 0.29) is 0 Å². The van der Waals surface area contributed by atoms with Gasteiger partial charge in [-0.1, -0.05) is 84.9 Å². The number of hydrogen-bond acceptors (Lipinski definition) is 3. The van der Waals surface area contributed by atoms with Crippen molar-refractivity contribution in [2.75, 3.05) is 4.90 Å². The first-order valence-corrected chi connectivity index (χ1v) is 11.8. The van der Waals surface area contributed by atoms with Crippen molar-refractivity contribution in [1.82, 2.24) is 9.97 Å². The highest BCUT2D eigenvalue weighted by atomic mass is 15.2. The highest BCUT2D eigenvalue weighted by Crippen LogP contribution is 2.49. The van der Waals surface area contributed by atoms with Gasteiger partial charge in [0.2, 0.25) is 0 Å². The van der Waals surface area contributed by atoms with Gasteiger partial charge in [0.1, 0.15) is 0 Å². The van der Waals surface area contributed by atoms with E-state index in [4.69, 9.17) is 0 Å². The van der Waals surface area contributed by atoms with E-state index in [1.165, 1.54) is 44.2 Å². The minimum Gasteiger partial charge on any atom is -0.294 e. The molecule has 1 aliphatic carbocycles. The van der Waals surface area contributed by atoms with E-state index in [9.17, 15) is 0 Å². The maximum atomic E-state index is 4.60. The molecule has 0 saturated carbocycles. The number of fused-ring (bicyclic) bond motifs is 3. The summed E-state index contributed by atoms with van der Waals surface area (Å²) in [5.74, 6) is 0.784. The van der Waals surface area contributed by atoms with Crippen molar-refractivity contribution in [1.29, 1.82) is 0 Å². The predicted molar refractivity (Wildman–Crippen MR) is 144 cm³/mol. The van der Waals surface area contributed by atoms with E-state index in [0.717, 1.165) is 17.2 Å². The number of rotatable bonds is 4. The molecule has 0 fully saturated rings. The van der Waals surface area contributed by atoms with Crippen molar-refractivity contribution < 1.29 is 0 Å². The Morgan fingerprint density at radius 1 is 0.514 bits per heavy atom. The minimum atomic E-state index is 0.784. The zero-order valence-electron chi connectivity index (χ0n) is 19.0. The molecule has 3 nitrogen and oxygen atoms in total. The van der Waals surface area contributed by atoms with Crippen LogP contribution in [0.25, 0.3) is 44.2 Å². The molecule has 164 valence electrons. The summed E-state index contributed by atoms with van der Waals surface area (Å²) in [6.07, 6.45) is 5.24. The lowest BCUT2D eigenvalue weighted by atomic mass is 9.94. The van der Waals surface area contributed by atoms with Crippen LogP contribution in [0, 0.1) is 0 Å². The van der Waals surface area contributed by atoms with Crippen molar-refractivity contribution in [3.05, 3.63) is 128 Å². The highest BCUT2D eigenvalue weighted by Gasteiger charge is 2.22. The van der Waals surface area contributed by atoms with Crippen LogP contribution in [-0.4, -0.2) is 9.97 Å². The van der Waals surface area contributed by atoms with E-state index >= 15 is 0 Å². The van der Waals surface area contributed by atoms with Crippen LogP contribution in [0.1, 0.15) is 0 Å². The Morgan fingerprint density at radius 2 is 1.20 bits per heavy atom. The molecule has 0 radical (unpaired) electrons. The lowest BCUT2D eigenvalue weighted by molar-refractivity contribution is 1.12. The van der Waals surface area contributed by atoms with Gasteiger partial charge in [0, 0.05) is 23.8 Å². The van der Waals surface area contributed by atoms with Crippen LogP contribution >= 0.6 is 0 Å². The molecule has 0 saturated heterocycles. The van der Waals surface area contributed by atoms with Crippen LogP contribution in [-0.2, 0) is 0 Å². The molecule has 5 aromatic carbocycles. The summed E-state index contributed by atoms with van der Waals surface area (Å²) in [6, 6.07) is 38.9. The number of aromatic nitrogens is 2. The smallest absolute Gasteiger partial charge is 0.156 e. The summed E-state index contributed by atoms with van der Waals surface area (Å²) in [6.45, 7) is 0. The van der Waals surface area contributed by atoms with Gasteiger partial charge >= 0.3 is 0 Å². The van der Waals surface area contributed by atoms with Crippen LogP contribution in [0.4, 0.5) is 17.2 Å². The fourth-order valence-corrected chi connectivity index (χ4v) is 5.27. The normalized spacial score (nSPS) is 11.4. The fraction of sp³-hybridized carbons (Fsp3) is 0. The van der Waals surface area contributed by atoms with Crippen LogP contribution in [0.3, 0.4) is 0 Å². The molecule has 6 aromatic rings. The fourth-order valence-electron chi connectivity index (χ4n) is 5.27. The Hall–Kier alpha value is -4.76. The first-order chi connectivity index (χ1) is 17.4. The maximum absolute atomic E-state index is 4.60. The monoisotopic (exact) mass is 447 g/mol. The van der Waals surface area contributed by atoms with Crippen molar-refractivity contribution in [3.63, 3.8) is 0 Å². The number of anilines is 3. The van der Waals surface area contributed by atoms with Crippen molar-refractivity contribution in [3.8, 4) is 33.4 Å². The first kappa shape index (κ1) is 19.7. The topological polar surface area (TPSA) is 29.0 Å². The molecule has 0 spiro atoms. The third-order valence-electron chi connectivity index (χ3n) is 6.76. The summed E-state index contributed by atoms with van der Waals surface area (Å²) in [5.41, 5.74) is 9.75. The lowest BCUT2D eigenvalue weighted by Crippen LogP contribution is -2.11. The Kier molecular flexibility index (Phi) is 4.46. The molecule has 0 bridgehead atoms. The number of para-hydroxylation sites is 1. The van der Waals surface area contributed by atoms with E-state index in [2.05, 4.69) is 106 Å². The molecule has 1 aromatic heterocycles. The summed E-state index contributed by atoms with van der Waals surface area (Å²) in [5, 5.41) is 2.62. The standard InChI is InChI=1S/C32H21N3/c1-2-9-23(10-3-1)35(31-21-33-18-19-34-31)24-11-6-8-22(20-24)25-16-17-30-27-13-5-4-12-26(27)29-15-7-14-28(25)32(29)30/h1-21H. The van der Waals surface area contributed by atoms with Crippen LogP contribution in [0.15, 0.2) is 128 Å². The second kappa shape index (κ2) is 7.93. The summed E-state index contributed by atoms with van der Waals surface area (Å²) >= 11 is 0. The number of benzene rings is 5. The van der Waals surface area contributed by atoms with Crippen molar-refractivity contribution in [2.45, 2.75) is 0 Å². The lowest BCUT2D eigenvalue weighted by Gasteiger charge is -2.24.